The average Bonchev–Trinajstić information content (AvgIpc) is 2.56. The molecule has 134 valence electrons. The van der Waals surface area contributed by atoms with Crippen LogP contribution in [0.3, 0.4) is 0 Å². The van der Waals surface area contributed by atoms with Crippen molar-refractivity contribution >= 4 is 23.0 Å². The summed E-state index contributed by atoms with van der Waals surface area (Å²) in [6.07, 6.45) is -0.478. The maximum absolute atomic E-state index is 11.5. The fourth-order valence-electron chi connectivity index (χ4n) is 2.05. The van der Waals surface area contributed by atoms with E-state index < -0.39 is 17.7 Å². The van der Waals surface area contributed by atoms with Gasteiger partial charge in [-0.3, -0.25) is 0 Å². The molecule has 0 saturated heterocycles. The van der Waals surface area contributed by atoms with E-state index in [1.807, 2.05) is 6.07 Å². The van der Waals surface area contributed by atoms with Crippen molar-refractivity contribution in [2.24, 2.45) is 0 Å². The van der Waals surface area contributed by atoms with Gasteiger partial charge in [0.15, 0.2) is 0 Å². The molecule has 2 rings (SSSR count). The molecule has 2 aromatic rings. The zero-order chi connectivity index (χ0) is 18.4. The van der Waals surface area contributed by atoms with Gasteiger partial charge >= 0.3 is 12.1 Å². The monoisotopic (exact) mass is 346 g/mol. The Hall–Kier alpha value is -2.83. The minimum Gasteiger partial charge on any atom is -0.492 e. The lowest BCUT2D eigenvalue weighted by Gasteiger charge is -2.19. The van der Waals surface area contributed by atoms with Gasteiger partial charge in [0, 0.05) is 5.39 Å². The fraction of sp³-hybridized carbons (Fsp3) is 0.389. The zero-order valence-corrected chi connectivity index (χ0v) is 14.8. The van der Waals surface area contributed by atoms with Crippen LogP contribution in [0.15, 0.2) is 30.3 Å². The van der Waals surface area contributed by atoms with E-state index in [4.69, 9.17) is 9.47 Å². The molecular weight excluding hydrogens is 324 g/mol. The molecule has 1 N–H and O–H groups in total. The third-order valence-electron chi connectivity index (χ3n) is 3.09. The number of hydrogen-bond acceptors (Lipinski definition) is 6. The van der Waals surface area contributed by atoms with E-state index in [0.29, 0.717) is 24.4 Å². The summed E-state index contributed by atoms with van der Waals surface area (Å²) in [5.41, 5.74) is 0.395. The fourth-order valence-corrected chi connectivity index (χ4v) is 2.05. The van der Waals surface area contributed by atoms with Crippen molar-refractivity contribution < 1.29 is 23.8 Å². The average molecular weight is 346 g/mol. The molecule has 0 saturated carbocycles. The molecule has 0 unspecified atom stereocenters. The molecule has 0 spiro atoms. The van der Waals surface area contributed by atoms with E-state index in [2.05, 4.69) is 15.0 Å². The van der Waals surface area contributed by atoms with Gasteiger partial charge in [0.1, 0.15) is 23.7 Å². The van der Waals surface area contributed by atoms with Crippen LogP contribution in [0.2, 0.25) is 0 Å². The van der Waals surface area contributed by atoms with E-state index >= 15 is 0 Å². The van der Waals surface area contributed by atoms with Gasteiger partial charge in [-0.15, -0.1) is 0 Å². The molecule has 0 aliphatic carbocycles. The van der Waals surface area contributed by atoms with Crippen molar-refractivity contribution in [3.63, 3.8) is 0 Å². The molecule has 7 heteroatoms. The molecule has 0 radical (unpaired) electrons. The van der Waals surface area contributed by atoms with Crippen LogP contribution in [-0.4, -0.2) is 42.9 Å². The van der Waals surface area contributed by atoms with Crippen molar-refractivity contribution in [1.29, 1.82) is 0 Å². The quantitative estimate of drug-likeness (QED) is 0.662. The largest absolute Gasteiger partial charge is 0.492 e. The number of pyridine rings is 1. The highest BCUT2D eigenvalue weighted by molar-refractivity contribution is 5.91. The lowest BCUT2D eigenvalue weighted by atomic mass is 10.2. The molecule has 0 aliphatic rings. The van der Waals surface area contributed by atoms with Gasteiger partial charge in [-0.2, -0.15) is 0 Å². The van der Waals surface area contributed by atoms with E-state index in [9.17, 15) is 9.59 Å². The lowest BCUT2D eigenvalue weighted by molar-refractivity contribution is 0.0519. The number of alkyl carbamates (subject to hydrolysis) is 1. The van der Waals surface area contributed by atoms with Gasteiger partial charge in [-0.05, 0) is 45.0 Å². The highest BCUT2D eigenvalue weighted by Gasteiger charge is 2.15. The standard InChI is InChI=1S/C18H22N2O5/c1-18(2,3)25-17(22)19-9-10-24-13-6-8-14-12(11-13)5-7-15(20-14)16(21)23-4/h5-8,11H,9-10H2,1-4H3,(H,19,22). The summed E-state index contributed by atoms with van der Waals surface area (Å²) < 4.78 is 15.4. The molecule has 0 fully saturated rings. The minimum atomic E-state index is -0.528. The maximum Gasteiger partial charge on any atom is 0.407 e. The SMILES string of the molecule is COC(=O)c1ccc2cc(OCCNC(=O)OC(C)(C)C)ccc2n1. The summed E-state index contributed by atoms with van der Waals surface area (Å²) >= 11 is 0. The first-order valence-corrected chi connectivity index (χ1v) is 7.87. The molecule has 0 bridgehead atoms. The van der Waals surface area contributed by atoms with Crippen LogP contribution in [0.4, 0.5) is 4.79 Å². The summed E-state index contributed by atoms with van der Waals surface area (Å²) in [5.74, 6) is 0.168. The lowest BCUT2D eigenvalue weighted by Crippen LogP contribution is -2.34. The third kappa shape index (κ3) is 5.63. The number of carbonyl (C=O) groups is 2. The summed E-state index contributed by atoms with van der Waals surface area (Å²) in [4.78, 5) is 27.2. The van der Waals surface area contributed by atoms with E-state index in [-0.39, 0.29) is 5.69 Å². The van der Waals surface area contributed by atoms with Gasteiger partial charge in [-0.1, -0.05) is 6.07 Å². The topological polar surface area (TPSA) is 86.8 Å². The van der Waals surface area contributed by atoms with Crippen molar-refractivity contribution in [3.8, 4) is 5.75 Å². The van der Waals surface area contributed by atoms with E-state index in [0.717, 1.165) is 5.39 Å². The molecule has 1 aromatic heterocycles. The van der Waals surface area contributed by atoms with Crippen molar-refractivity contribution in [1.82, 2.24) is 10.3 Å². The number of benzene rings is 1. The number of fused-ring (bicyclic) bond motifs is 1. The Morgan fingerprint density at radius 1 is 1.16 bits per heavy atom. The smallest absolute Gasteiger partial charge is 0.407 e. The van der Waals surface area contributed by atoms with Gasteiger partial charge in [-0.25, -0.2) is 14.6 Å². The Bertz CT molecular complexity index is 768. The minimum absolute atomic E-state index is 0.255. The highest BCUT2D eigenvalue weighted by atomic mass is 16.6. The number of methoxy groups -OCH3 is 1. The van der Waals surface area contributed by atoms with Crippen LogP contribution in [0.1, 0.15) is 31.3 Å². The molecule has 1 heterocycles. The van der Waals surface area contributed by atoms with Crippen LogP contribution in [0.25, 0.3) is 10.9 Å². The molecule has 0 aliphatic heterocycles. The second-order valence-corrected chi connectivity index (χ2v) is 6.32. The maximum atomic E-state index is 11.5. The summed E-state index contributed by atoms with van der Waals surface area (Å²) in [7, 11) is 1.32. The van der Waals surface area contributed by atoms with Gasteiger partial charge in [0.05, 0.1) is 19.2 Å². The van der Waals surface area contributed by atoms with Crippen LogP contribution in [0, 0.1) is 0 Å². The van der Waals surface area contributed by atoms with Gasteiger partial charge in [0.2, 0.25) is 0 Å². The summed E-state index contributed by atoms with van der Waals surface area (Å²) in [6, 6.07) is 8.71. The Labute approximate surface area is 146 Å². The van der Waals surface area contributed by atoms with Crippen LogP contribution >= 0.6 is 0 Å². The Balaban J connectivity index is 1.90. The van der Waals surface area contributed by atoms with E-state index in [1.165, 1.54) is 7.11 Å². The summed E-state index contributed by atoms with van der Waals surface area (Å²) in [6.45, 7) is 6.04. The number of rotatable bonds is 5. The van der Waals surface area contributed by atoms with Crippen LogP contribution in [0.5, 0.6) is 5.75 Å². The second-order valence-electron chi connectivity index (χ2n) is 6.32. The molecule has 1 aromatic carbocycles. The number of amides is 1. The first kappa shape index (κ1) is 18.5. The number of carbonyl (C=O) groups excluding carboxylic acids is 2. The number of hydrogen-bond donors (Lipinski definition) is 1. The zero-order valence-electron chi connectivity index (χ0n) is 14.8. The van der Waals surface area contributed by atoms with Gasteiger partial charge in [0.25, 0.3) is 0 Å². The molecule has 25 heavy (non-hydrogen) atoms. The number of ether oxygens (including phenoxy) is 3. The van der Waals surface area contributed by atoms with E-state index in [1.54, 1.807) is 45.0 Å². The molecule has 7 nitrogen and oxygen atoms in total. The second kappa shape index (κ2) is 7.83. The predicted octanol–water partition coefficient (Wildman–Crippen LogP) is 2.92. The molecule has 1 amide bonds. The highest BCUT2D eigenvalue weighted by Crippen LogP contribution is 2.20. The number of aromatic nitrogens is 1. The molecular formula is C18H22N2O5. The third-order valence-corrected chi connectivity index (χ3v) is 3.09. The summed E-state index contributed by atoms with van der Waals surface area (Å²) in [5, 5.41) is 3.46. The van der Waals surface area contributed by atoms with Crippen LogP contribution < -0.4 is 10.1 Å². The van der Waals surface area contributed by atoms with Crippen molar-refractivity contribution in [2.75, 3.05) is 20.3 Å². The first-order chi connectivity index (χ1) is 11.8. The number of esters is 1. The van der Waals surface area contributed by atoms with Crippen molar-refractivity contribution in [2.45, 2.75) is 26.4 Å². The molecule has 0 atom stereocenters. The van der Waals surface area contributed by atoms with Crippen LogP contribution in [-0.2, 0) is 9.47 Å². The van der Waals surface area contributed by atoms with Gasteiger partial charge < -0.3 is 19.5 Å². The number of nitrogens with zero attached hydrogens (tertiary/aromatic N) is 1. The van der Waals surface area contributed by atoms with Crippen molar-refractivity contribution in [3.05, 3.63) is 36.0 Å². The Morgan fingerprint density at radius 2 is 1.92 bits per heavy atom. The normalized spacial score (nSPS) is 11.0. The number of nitrogens with one attached hydrogen (secondary N) is 1. The predicted molar refractivity (Wildman–Crippen MR) is 92.8 cm³/mol. The Kier molecular flexibility index (Phi) is 5.80. The first-order valence-electron chi connectivity index (χ1n) is 7.87. The Morgan fingerprint density at radius 3 is 2.60 bits per heavy atom.